The second-order valence-corrected chi connectivity index (χ2v) is 9.33. The van der Waals surface area contributed by atoms with Crippen LogP contribution in [0, 0.1) is 0 Å². The van der Waals surface area contributed by atoms with Gasteiger partial charge in [0, 0.05) is 10.5 Å². The molecule has 0 saturated heterocycles. The van der Waals surface area contributed by atoms with E-state index in [4.69, 9.17) is 17.3 Å². The highest BCUT2D eigenvalue weighted by molar-refractivity contribution is 9.10. The molecule has 2 aromatic rings. The van der Waals surface area contributed by atoms with Crippen LogP contribution in [0.15, 0.2) is 33.6 Å². The van der Waals surface area contributed by atoms with Gasteiger partial charge in [-0.2, -0.15) is 0 Å². The Morgan fingerprint density at radius 2 is 1.79 bits per heavy atom. The van der Waals surface area contributed by atoms with Crippen LogP contribution in [0.25, 0.3) is 0 Å². The van der Waals surface area contributed by atoms with Crippen molar-refractivity contribution in [3.8, 4) is 17.2 Å². The van der Waals surface area contributed by atoms with E-state index >= 15 is 0 Å². The number of carbonyl (C=O) groups excluding carboxylic acids is 2. The molecule has 16 heteroatoms. The molecule has 180 valence electrons. The zero-order chi connectivity index (χ0) is 25.3. The summed E-state index contributed by atoms with van der Waals surface area (Å²) in [6.07, 6.45) is -5.24. The highest BCUT2D eigenvalue weighted by atomic mass is 79.9. The van der Waals surface area contributed by atoms with Crippen LogP contribution in [0.4, 0.5) is 18.9 Å². The van der Waals surface area contributed by atoms with Crippen LogP contribution < -0.4 is 20.5 Å². The molecular weight excluding hydrogens is 563 g/mol. The van der Waals surface area contributed by atoms with Gasteiger partial charge in [0.25, 0.3) is 15.9 Å². The van der Waals surface area contributed by atoms with Crippen molar-refractivity contribution in [2.45, 2.75) is 24.2 Å². The van der Waals surface area contributed by atoms with E-state index in [-0.39, 0.29) is 9.50 Å². The second kappa shape index (κ2) is 9.52. The molecule has 0 saturated carbocycles. The molecular formula is C17H14BrClF3N3O7S. The number of hydrogen-bond donors (Lipinski definition) is 5. The number of ether oxygens (including phenoxy) is 1. The first-order chi connectivity index (χ1) is 15.0. The van der Waals surface area contributed by atoms with E-state index < -0.39 is 67.6 Å². The minimum Gasteiger partial charge on any atom is -0.505 e. The minimum absolute atomic E-state index is 0.129. The third-order valence-electron chi connectivity index (χ3n) is 3.86. The summed E-state index contributed by atoms with van der Waals surface area (Å²) >= 11 is 8.72. The first-order valence-corrected chi connectivity index (χ1v) is 11.1. The van der Waals surface area contributed by atoms with Gasteiger partial charge in [-0.3, -0.25) is 14.3 Å². The molecule has 0 spiro atoms. The number of hydrogen-bond acceptors (Lipinski definition) is 7. The van der Waals surface area contributed by atoms with Crippen molar-refractivity contribution in [1.82, 2.24) is 5.32 Å². The Balaban J connectivity index is 2.61. The monoisotopic (exact) mass is 575 g/mol. The molecule has 2 amide bonds. The number of phenols is 2. The Bertz CT molecular complexity index is 1230. The van der Waals surface area contributed by atoms with E-state index in [9.17, 15) is 41.4 Å². The predicted molar refractivity (Wildman–Crippen MR) is 113 cm³/mol. The van der Waals surface area contributed by atoms with Gasteiger partial charge in [0.15, 0.2) is 11.5 Å². The maximum Gasteiger partial charge on any atom is 0.573 e. The van der Waals surface area contributed by atoms with Gasteiger partial charge in [-0.25, -0.2) is 8.42 Å². The predicted octanol–water partition coefficient (Wildman–Crippen LogP) is 2.82. The highest BCUT2D eigenvalue weighted by Gasteiger charge is 2.33. The third-order valence-corrected chi connectivity index (χ3v) is 5.99. The Morgan fingerprint density at radius 3 is 2.33 bits per heavy atom. The average Bonchev–Trinajstić information content (AvgIpc) is 2.65. The molecule has 0 aromatic heterocycles. The van der Waals surface area contributed by atoms with Gasteiger partial charge < -0.3 is 26.0 Å². The maximum atomic E-state index is 12.7. The lowest BCUT2D eigenvalue weighted by Gasteiger charge is -2.17. The maximum absolute atomic E-state index is 12.7. The number of halogens is 5. The summed E-state index contributed by atoms with van der Waals surface area (Å²) in [7, 11) is -4.77. The standard InChI is InChI=1S/C17H14BrClF3N3O7S/c1-6(15(23)28)24-16(29)9-4-8(32-17(20,21)22)5-11(13(9)26)25-33(30,31)12-3-7(18)2-10(19)14(12)27/h2-6,25-27H,1H3,(H2,23,28)(H,24,29). The molecule has 6 N–H and O–H groups in total. The summed E-state index contributed by atoms with van der Waals surface area (Å²) in [6.45, 7) is 1.16. The van der Waals surface area contributed by atoms with Gasteiger partial charge >= 0.3 is 6.36 Å². The van der Waals surface area contributed by atoms with E-state index in [1.54, 1.807) is 4.72 Å². The first kappa shape index (κ1) is 26.3. The Morgan fingerprint density at radius 1 is 1.18 bits per heavy atom. The van der Waals surface area contributed by atoms with E-state index in [2.05, 4.69) is 20.7 Å². The summed E-state index contributed by atoms with van der Waals surface area (Å²) < 4.78 is 69.3. The van der Waals surface area contributed by atoms with E-state index in [0.29, 0.717) is 12.1 Å². The Labute approximate surface area is 197 Å². The summed E-state index contributed by atoms with van der Waals surface area (Å²) in [6, 6.07) is 1.74. The molecule has 0 fully saturated rings. The lowest BCUT2D eigenvalue weighted by molar-refractivity contribution is -0.274. The van der Waals surface area contributed by atoms with E-state index in [0.717, 1.165) is 13.0 Å². The fourth-order valence-corrected chi connectivity index (χ4v) is 4.56. The van der Waals surface area contributed by atoms with E-state index in [1.165, 1.54) is 6.07 Å². The number of aromatic hydroxyl groups is 2. The normalized spacial score (nSPS) is 12.7. The summed E-state index contributed by atoms with van der Waals surface area (Å²) in [5.41, 5.74) is 3.22. The largest absolute Gasteiger partial charge is 0.573 e. The molecule has 2 rings (SSSR count). The van der Waals surface area contributed by atoms with Crippen molar-refractivity contribution in [2.24, 2.45) is 5.73 Å². The molecule has 2 aromatic carbocycles. The second-order valence-electron chi connectivity index (χ2n) is 6.35. The Kier molecular flexibility index (Phi) is 7.60. The van der Waals surface area contributed by atoms with Gasteiger partial charge in [-0.05, 0) is 25.1 Å². The number of primary amides is 1. The summed E-state index contributed by atoms with van der Waals surface area (Å²) in [4.78, 5) is 22.7. The van der Waals surface area contributed by atoms with Crippen molar-refractivity contribution < 1.29 is 46.1 Å². The van der Waals surface area contributed by atoms with Crippen LogP contribution >= 0.6 is 27.5 Å². The van der Waals surface area contributed by atoms with Crippen molar-refractivity contribution in [3.05, 3.63) is 39.3 Å². The molecule has 1 atom stereocenters. The summed E-state index contributed by atoms with van der Waals surface area (Å²) in [5, 5.41) is 22.0. The lowest BCUT2D eigenvalue weighted by atomic mass is 10.1. The van der Waals surface area contributed by atoms with Crippen molar-refractivity contribution in [3.63, 3.8) is 0 Å². The quantitative estimate of drug-likeness (QED) is 0.316. The summed E-state index contributed by atoms with van der Waals surface area (Å²) in [5.74, 6) is -5.33. The molecule has 0 radical (unpaired) electrons. The van der Waals surface area contributed by atoms with Crippen LogP contribution in [-0.4, -0.2) is 42.8 Å². The van der Waals surface area contributed by atoms with Crippen molar-refractivity contribution >= 4 is 55.1 Å². The molecule has 0 aliphatic carbocycles. The van der Waals surface area contributed by atoms with Gasteiger partial charge in [0.1, 0.15) is 16.7 Å². The molecule has 0 heterocycles. The average molecular weight is 577 g/mol. The number of sulfonamides is 1. The molecule has 0 bridgehead atoms. The molecule has 0 aliphatic rings. The number of rotatable bonds is 7. The minimum atomic E-state index is -5.24. The smallest absolute Gasteiger partial charge is 0.505 e. The number of amides is 2. The number of nitrogens with one attached hydrogen (secondary N) is 2. The number of alkyl halides is 3. The Hall–Kier alpha value is -2.91. The van der Waals surface area contributed by atoms with Gasteiger partial charge in [0.05, 0.1) is 16.3 Å². The van der Waals surface area contributed by atoms with Gasteiger partial charge in [-0.1, -0.05) is 27.5 Å². The van der Waals surface area contributed by atoms with Crippen LogP contribution in [0.1, 0.15) is 17.3 Å². The van der Waals surface area contributed by atoms with Crippen LogP contribution in [0.3, 0.4) is 0 Å². The van der Waals surface area contributed by atoms with Gasteiger partial charge in [-0.15, -0.1) is 13.2 Å². The fourth-order valence-electron chi connectivity index (χ4n) is 2.34. The number of phenolic OH excluding ortho intramolecular Hbond substituents is 2. The van der Waals surface area contributed by atoms with Crippen LogP contribution in [-0.2, 0) is 14.8 Å². The number of anilines is 1. The number of benzene rings is 2. The topological polar surface area (TPSA) is 168 Å². The zero-order valence-electron chi connectivity index (χ0n) is 16.2. The molecule has 0 aliphatic heterocycles. The SMILES string of the molecule is CC(NC(=O)c1cc(OC(F)(F)F)cc(NS(=O)(=O)c2cc(Br)cc(Cl)c2O)c1O)C(N)=O. The molecule has 1 unspecified atom stereocenters. The third kappa shape index (κ3) is 6.55. The first-order valence-electron chi connectivity index (χ1n) is 8.45. The van der Waals surface area contributed by atoms with Crippen LogP contribution in [0.2, 0.25) is 5.02 Å². The fraction of sp³-hybridized carbons (Fsp3) is 0.176. The van der Waals surface area contributed by atoms with Crippen molar-refractivity contribution in [1.29, 1.82) is 0 Å². The van der Waals surface area contributed by atoms with Crippen molar-refractivity contribution in [2.75, 3.05) is 4.72 Å². The molecule has 33 heavy (non-hydrogen) atoms. The van der Waals surface area contributed by atoms with Gasteiger partial charge in [0.2, 0.25) is 5.91 Å². The van der Waals surface area contributed by atoms with E-state index in [1.807, 2.05) is 5.32 Å². The highest BCUT2D eigenvalue weighted by Crippen LogP contribution is 2.39. The zero-order valence-corrected chi connectivity index (χ0v) is 19.4. The lowest BCUT2D eigenvalue weighted by Crippen LogP contribution is -2.42. The van der Waals surface area contributed by atoms with Crippen LogP contribution in [0.5, 0.6) is 17.2 Å². The number of nitrogens with two attached hydrogens (primary N) is 1. The molecule has 10 nitrogen and oxygen atoms in total. The number of carbonyl (C=O) groups is 2.